The number of halogens is 2. The smallest absolute Gasteiger partial charge is 0.163 e. The fourth-order valence-electron chi connectivity index (χ4n) is 2.17. The fraction of sp³-hybridized carbons (Fsp3) is 0.538. The van der Waals surface area contributed by atoms with Crippen molar-refractivity contribution < 1.29 is 8.78 Å². The Kier molecular flexibility index (Phi) is 4.87. The number of rotatable bonds is 5. The van der Waals surface area contributed by atoms with E-state index >= 15 is 0 Å². The molecule has 0 bridgehead atoms. The molecule has 1 N–H and O–H groups in total. The summed E-state index contributed by atoms with van der Waals surface area (Å²) in [5, 5.41) is 3.08. The molecule has 1 unspecified atom stereocenters. The van der Waals surface area contributed by atoms with E-state index in [-0.39, 0.29) is 6.04 Å². The predicted octanol–water partition coefficient (Wildman–Crippen LogP) is 3.66. The maximum atomic E-state index is 13.7. The highest BCUT2D eigenvalue weighted by molar-refractivity contribution is 5.23. The minimum atomic E-state index is -0.774. The van der Waals surface area contributed by atoms with E-state index in [0.717, 1.165) is 18.9 Å². The molecule has 1 nitrogen and oxygen atoms in total. The van der Waals surface area contributed by atoms with E-state index in [1.807, 2.05) is 0 Å². The van der Waals surface area contributed by atoms with Gasteiger partial charge in [-0.15, -0.1) is 0 Å². The maximum absolute atomic E-state index is 13.7. The molecule has 0 radical (unpaired) electrons. The Hall–Kier alpha value is -0.960. The van der Waals surface area contributed by atoms with Gasteiger partial charge in [-0.3, -0.25) is 0 Å². The van der Waals surface area contributed by atoms with Crippen molar-refractivity contribution in [2.24, 2.45) is 5.92 Å². The number of hydrogen-bond acceptors (Lipinski definition) is 1. The Balaban J connectivity index is 3.07. The highest BCUT2D eigenvalue weighted by Crippen LogP contribution is 2.29. The van der Waals surface area contributed by atoms with Crippen molar-refractivity contribution in [3.63, 3.8) is 0 Å². The lowest BCUT2D eigenvalue weighted by Crippen LogP contribution is -2.25. The predicted molar refractivity (Wildman–Crippen MR) is 62.2 cm³/mol. The maximum Gasteiger partial charge on any atom is 0.163 e. The zero-order chi connectivity index (χ0) is 12.1. The second-order valence-electron chi connectivity index (χ2n) is 3.99. The molecule has 0 saturated heterocycles. The van der Waals surface area contributed by atoms with Crippen molar-refractivity contribution in [2.75, 3.05) is 7.05 Å². The van der Waals surface area contributed by atoms with Gasteiger partial charge in [-0.25, -0.2) is 8.78 Å². The molecule has 90 valence electrons. The van der Waals surface area contributed by atoms with Gasteiger partial charge in [0.1, 0.15) is 0 Å². The van der Waals surface area contributed by atoms with E-state index in [9.17, 15) is 8.78 Å². The molecule has 1 atom stereocenters. The second-order valence-corrected chi connectivity index (χ2v) is 3.99. The van der Waals surface area contributed by atoms with Gasteiger partial charge < -0.3 is 5.32 Å². The molecule has 0 spiro atoms. The number of nitrogens with one attached hydrogen (secondary N) is 1. The van der Waals surface area contributed by atoms with E-state index in [1.54, 1.807) is 19.2 Å². The van der Waals surface area contributed by atoms with Crippen molar-refractivity contribution in [1.82, 2.24) is 5.32 Å². The highest BCUT2D eigenvalue weighted by Gasteiger charge is 2.22. The summed E-state index contributed by atoms with van der Waals surface area (Å²) in [5.74, 6) is -1.18. The normalized spacial score (nSPS) is 13.1. The Morgan fingerprint density at radius 1 is 1.19 bits per heavy atom. The van der Waals surface area contributed by atoms with Gasteiger partial charge in [0.05, 0.1) is 0 Å². The lowest BCUT2D eigenvalue weighted by Gasteiger charge is -2.25. The summed E-state index contributed by atoms with van der Waals surface area (Å²) in [6, 6.07) is 4.24. The monoisotopic (exact) mass is 227 g/mol. The largest absolute Gasteiger partial charge is 0.313 e. The summed E-state index contributed by atoms with van der Waals surface area (Å²) in [7, 11) is 1.79. The van der Waals surface area contributed by atoms with Crippen LogP contribution in [0.1, 0.15) is 38.3 Å². The first kappa shape index (κ1) is 13.1. The highest BCUT2D eigenvalue weighted by atomic mass is 19.2. The Labute approximate surface area is 95.9 Å². The van der Waals surface area contributed by atoms with E-state index in [0.29, 0.717) is 11.5 Å². The van der Waals surface area contributed by atoms with Crippen molar-refractivity contribution in [3.05, 3.63) is 35.4 Å². The topological polar surface area (TPSA) is 12.0 Å². The van der Waals surface area contributed by atoms with Crippen LogP contribution in [-0.2, 0) is 0 Å². The van der Waals surface area contributed by atoms with Crippen LogP contribution >= 0.6 is 0 Å². The third-order valence-electron chi connectivity index (χ3n) is 3.15. The van der Waals surface area contributed by atoms with E-state index in [2.05, 4.69) is 19.2 Å². The van der Waals surface area contributed by atoms with Gasteiger partial charge in [0.25, 0.3) is 0 Å². The van der Waals surface area contributed by atoms with Crippen LogP contribution in [0.3, 0.4) is 0 Å². The molecule has 1 rings (SSSR count). The van der Waals surface area contributed by atoms with Crippen molar-refractivity contribution in [2.45, 2.75) is 32.7 Å². The van der Waals surface area contributed by atoms with Crippen LogP contribution in [0.4, 0.5) is 8.78 Å². The Bertz CT molecular complexity index is 335. The quantitative estimate of drug-likeness (QED) is 0.809. The summed E-state index contributed by atoms with van der Waals surface area (Å²) in [6.07, 6.45) is 1.88. The van der Waals surface area contributed by atoms with Crippen LogP contribution in [0.15, 0.2) is 18.2 Å². The summed E-state index contributed by atoms with van der Waals surface area (Å²) in [5.41, 5.74) is 0.427. The second kappa shape index (κ2) is 5.94. The molecule has 0 aliphatic rings. The molecular formula is C13H19F2N. The molecule has 1 aromatic carbocycles. The molecule has 0 saturated carbocycles. The summed E-state index contributed by atoms with van der Waals surface area (Å²) < 4.78 is 26.8. The zero-order valence-corrected chi connectivity index (χ0v) is 10.1. The molecule has 16 heavy (non-hydrogen) atoms. The van der Waals surface area contributed by atoms with E-state index in [4.69, 9.17) is 0 Å². The standard InChI is InChI=1S/C13H19F2N/c1-4-9(5-2)13(16-3)10-7-6-8-11(14)12(10)15/h6-9,13,16H,4-5H2,1-3H3. The van der Waals surface area contributed by atoms with Gasteiger partial charge in [0, 0.05) is 11.6 Å². The van der Waals surface area contributed by atoms with E-state index in [1.165, 1.54) is 0 Å². The fourth-order valence-corrected chi connectivity index (χ4v) is 2.17. The molecule has 0 aliphatic heterocycles. The van der Waals surface area contributed by atoms with Crippen LogP contribution in [0.25, 0.3) is 0 Å². The van der Waals surface area contributed by atoms with Gasteiger partial charge in [-0.1, -0.05) is 38.8 Å². The molecule has 0 fully saturated rings. The molecular weight excluding hydrogens is 208 g/mol. The zero-order valence-electron chi connectivity index (χ0n) is 10.1. The van der Waals surface area contributed by atoms with Crippen LogP contribution in [0.5, 0.6) is 0 Å². The van der Waals surface area contributed by atoms with Crippen LogP contribution < -0.4 is 5.32 Å². The first-order valence-corrected chi connectivity index (χ1v) is 5.76. The molecule has 1 aromatic rings. The Morgan fingerprint density at radius 3 is 2.31 bits per heavy atom. The van der Waals surface area contributed by atoms with Gasteiger partial charge in [-0.2, -0.15) is 0 Å². The minimum Gasteiger partial charge on any atom is -0.313 e. The van der Waals surface area contributed by atoms with Crippen LogP contribution in [0, 0.1) is 17.6 Å². The third-order valence-corrected chi connectivity index (χ3v) is 3.15. The first-order chi connectivity index (χ1) is 7.65. The lowest BCUT2D eigenvalue weighted by molar-refractivity contribution is 0.345. The van der Waals surface area contributed by atoms with Crippen molar-refractivity contribution in [1.29, 1.82) is 0 Å². The lowest BCUT2D eigenvalue weighted by atomic mass is 9.88. The molecule has 0 heterocycles. The Morgan fingerprint density at radius 2 is 1.81 bits per heavy atom. The van der Waals surface area contributed by atoms with E-state index < -0.39 is 11.6 Å². The average Bonchev–Trinajstić information content (AvgIpc) is 2.30. The molecule has 0 aromatic heterocycles. The summed E-state index contributed by atoms with van der Waals surface area (Å²) in [4.78, 5) is 0. The summed E-state index contributed by atoms with van der Waals surface area (Å²) >= 11 is 0. The minimum absolute atomic E-state index is 0.120. The van der Waals surface area contributed by atoms with Gasteiger partial charge >= 0.3 is 0 Å². The average molecular weight is 227 g/mol. The third kappa shape index (κ3) is 2.59. The van der Waals surface area contributed by atoms with Gasteiger partial charge in [0.2, 0.25) is 0 Å². The molecule has 3 heteroatoms. The molecule has 0 aliphatic carbocycles. The van der Waals surface area contributed by atoms with Gasteiger partial charge in [-0.05, 0) is 19.0 Å². The SMILES string of the molecule is CCC(CC)C(NC)c1cccc(F)c1F. The summed E-state index contributed by atoms with van der Waals surface area (Å²) in [6.45, 7) is 4.13. The van der Waals surface area contributed by atoms with Crippen molar-refractivity contribution >= 4 is 0 Å². The number of benzene rings is 1. The van der Waals surface area contributed by atoms with Gasteiger partial charge in [0.15, 0.2) is 11.6 Å². The van der Waals surface area contributed by atoms with Crippen LogP contribution in [0.2, 0.25) is 0 Å². The molecule has 0 amide bonds. The first-order valence-electron chi connectivity index (χ1n) is 5.76. The number of hydrogen-bond donors (Lipinski definition) is 1. The van der Waals surface area contributed by atoms with Crippen LogP contribution in [-0.4, -0.2) is 7.05 Å². The van der Waals surface area contributed by atoms with Crippen molar-refractivity contribution in [3.8, 4) is 0 Å².